The van der Waals surface area contributed by atoms with E-state index in [0.29, 0.717) is 6.54 Å². The molecule has 0 saturated carbocycles. The highest BCUT2D eigenvalue weighted by atomic mass is 32.2. The molecule has 0 saturated heterocycles. The molecule has 0 aliphatic rings. The van der Waals surface area contributed by atoms with Crippen LogP contribution in [0.15, 0.2) is 64.4 Å². The summed E-state index contributed by atoms with van der Waals surface area (Å²) in [5.74, 6) is 0. The van der Waals surface area contributed by atoms with Crippen LogP contribution in [0.4, 0.5) is 0 Å². The van der Waals surface area contributed by atoms with Crippen LogP contribution < -0.4 is 4.72 Å². The number of hydrogen-bond donors (Lipinski definition) is 1. The lowest BCUT2D eigenvalue weighted by atomic mass is 10.1. The van der Waals surface area contributed by atoms with E-state index in [1.54, 1.807) is 0 Å². The Labute approximate surface area is 149 Å². The van der Waals surface area contributed by atoms with Gasteiger partial charge in [-0.15, -0.1) is 0 Å². The van der Waals surface area contributed by atoms with Gasteiger partial charge in [0.25, 0.3) is 0 Å². The molecule has 0 aliphatic carbocycles. The van der Waals surface area contributed by atoms with E-state index < -0.39 is 25.9 Å². The molecule has 136 valence electrons. The van der Waals surface area contributed by atoms with Gasteiger partial charge in [0.15, 0.2) is 9.84 Å². The fraction of sp³-hybridized carbons (Fsp3) is 0.294. The van der Waals surface area contributed by atoms with Crippen LogP contribution in [0.2, 0.25) is 0 Å². The Hall–Kier alpha value is -1.74. The van der Waals surface area contributed by atoms with Crippen LogP contribution in [-0.4, -0.2) is 48.6 Å². The van der Waals surface area contributed by atoms with Crippen molar-refractivity contribution in [3.63, 3.8) is 0 Å². The highest BCUT2D eigenvalue weighted by Crippen LogP contribution is 2.20. The van der Waals surface area contributed by atoms with Gasteiger partial charge in [-0.25, -0.2) is 21.6 Å². The van der Waals surface area contributed by atoms with Gasteiger partial charge < -0.3 is 4.90 Å². The van der Waals surface area contributed by atoms with Crippen molar-refractivity contribution >= 4 is 19.9 Å². The third kappa shape index (κ3) is 5.37. The molecule has 1 atom stereocenters. The minimum Gasteiger partial charge on any atom is -0.307 e. The van der Waals surface area contributed by atoms with Crippen molar-refractivity contribution in [2.45, 2.75) is 15.8 Å². The first kappa shape index (κ1) is 19.6. The van der Waals surface area contributed by atoms with E-state index in [9.17, 15) is 16.8 Å². The molecule has 2 rings (SSSR count). The first-order chi connectivity index (χ1) is 11.6. The van der Waals surface area contributed by atoms with E-state index in [1.807, 2.05) is 49.3 Å². The van der Waals surface area contributed by atoms with Gasteiger partial charge >= 0.3 is 0 Å². The zero-order chi connectivity index (χ0) is 18.7. The first-order valence-corrected chi connectivity index (χ1v) is 11.0. The molecule has 0 spiro atoms. The van der Waals surface area contributed by atoms with Gasteiger partial charge in [-0.2, -0.15) is 0 Å². The molecular formula is C17H22N2O4S2. The predicted octanol–water partition coefficient (Wildman–Crippen LogP) is 1.67. The van der Waals surface area contributed by atoms with Gasteiger partial charge in [0.2, 0.25) is 10.0 Å². The van der Waals surface area contributed by atoms with Crippen LogP contribution in [0.5, 0.6) is 0 Å². The lowest BCUT2D eigenvalue weighted by Gasteiger charge is -2.23. The van der Waals surface area contributed by atoms with Crippen molar-refractivity contribution in [3.05, 3.63) is 60.2 Å². The fourth-order valence-corrected chi connectivity index (χ4v) is 4.39. The van der Waals surface area contributed by atoms with Gasteiger partial charge in [0.05, 0.1) is 15.8 Å². The molecule has 6 nitrogen and oxygen atoms in total. The van der Waals surface area contributed by atoms with Crippen molar-refractivity contribution in [1.29, 1.82) is 0 Å². The smallest absolute Gasteiger partial charge is 0.241 e. The summed E-state index contributed by atoms with van der Waals surface area (Å²) in [6.07, 6.45) is 1.05. The summed E-state index contributed by atoms with van der Waals surface area (Å²) in [7, 11) is -3.65. The number of sulfonamides is 1. The average Bonchev–Trinajstić information content (AvgIpc) is 2.54. The minimum atomic E-state index is -3.88. The topological polar surface area (TPSA) is 83.6 Å². The Morgan fingerprint density at radius 3 is 2.08 bits per heavy atom. The minimum absolute atomic E-state index is 0.0285. The molecule has 0 radical (unpaired) electrons. The zero-order valence-electron chi connectivity index (χ0n) is 14.4. The normalized spacial score (nSPS) is 13.8. The lowest BCUT2D eigenvalue weighted by molar-refractivity contribution is 0.363. The third-order valence-electron chi connectivity index (χ3n) is 3.59. The molecule has 2 aromatic carbocycles. The third-order valence-corrected chi connectivity index (χ3v) is 6.17. The largest absolute Gasteiger partial charge is 0.307 e. The Kier molecular flexibility index (Phi) is 5.99. The predicted molar refractivity (Wildman–Crippen MR) is 97.6 cm³/mol. The monoisotopic (exact) mass is 382 g/mol. The van der Waals surface area contributed by atoms with E-state index in [1.165, 1.54) is 24.3 Å². The maximum absolute atomic E-state index is 12.8. The van der Waals surface area contributed by atoms with Gasteiger partial charge in [0, 0.05) is 12.8 Å². The molecule has 25 heavy (non-hydrogen) atoms. The van der Waals surface area contributed by atoms with E-state index in [0.717, 1.165) is 11.8 Å². The first-order valence-electron chi connectivity index (χ1n) is 7.62. The second kappa shape index (κ2) is 7.65. The van der Waals surface area contributed by atoms with Crippen LogP contribution in [0.3, 0.4) is 0 Å². The zero-order valence-corrected chi connectivity index (χ0v) is 16.0. The number of likely N-dealkylation sites (N-methyl/N-ethyl adjacent to an activating group) is 1. The fourth-order valence-electron chi connectivity index (χ4n) is 2.39. The molecule has 0 aliphatic heterocycles. The van der Waals surface area contributed by atoms with E-state index >= 15 is 0 Å². The highest BCUT2D eigenvalue weighted by Gasteiger charge is 2.23. The number of nitrogens with one attached hydrogen (secondary N) is 1. The summed E-state index contributed by atoms with van der Waals surface area (Å²) in [4.78, 5) is 1.78. The van der Waals surface area contributed by atoms with Crippen molar-refractivity contribution in [2.24, 2.45) is 0 Å². The molecule has 2 aromatic rings. The van der Waals surface area contributed by atoms with Crippen LogP contribution in [0, 0.1) is 0 Å². The van der Waals surface area contributed by atoms with Crippen LogP contribution in [0.25, 0.3) is 0 Å². The van der Waals surface area contributed by atoms with Crippen LogP contribution >= 0.6 is 0 Å². The molecule has 0 aromatic heterocycles. The lowest BCUT2D eigenvalue weighted by Crippen LogP contribution is -2.35. The summed E-state index contributed by atoms with van der Waals surface area (Å²) in [5.41, 5.74) is 0.832. The molecule has 0 bridgehead atoms. The summed E-state index contributed by atoms with van der Waals surface area (Å²) in [6, 6.07) is 14.2. The molecule has 1 N–H and O–H groups in total. The van der Waals surface area contributed by atoms with Crippen LogP contribution in [0.1, 0.15) is 11.6 Å². The van der Waals surface area contributed by atoms with Crippen molar-refractivity contribution in [2.75, 3.05) is 26.9 Å². The Morgan fingerprint density at radius 1 is 0.920 bits per heavy atom. The molecule has 1 unspecified atom stereocenters. The Balaban J connectivity index is 2.38. The summed E-state index contributed by atoms with van der Waals surface area (Å²) < 4.78 is 51.5. The van der Waals surface area contributed by atoms with E-state index in [2.05, 4.69) is 4.72 Å². The molecule has 0 amide bonds. The summed E-state index contributed by atoms with van der Waals surface area (Å²) in [6.45, 7) is 0.467. The maximum Gasteiger partial charge on any atom is 0.241 e. The van der Waals surface area contributed by atoms with Gasteiger partial charge in [-0.05, 0) is 37.9 Å². The second-order valence-electron chi connectivity index (χ2n) is 6.09. The highest BCUT2D eigenvalue weighted by molar-refractivity contribution is 7.91. The van der Waals surface area contributed by atoms with Gasteiger partial charge in [-0.1, -0.05) is 36.4 Å². The Bertz CT molecular complexity index is 924. The SMILES string of the molecule is CN(C)CC(NS(=O)(=O)c1cccc(S(C)(=O)=O)c1)c1ccccc1. The summed E-state index contributed by atoms with van der Waals surface area (Å²) in [5, 5.41) is 0. The van der Waals surface area contributed by atoms with E-state index in [-0.39, 0.29) is 9.79 Å². The summed E-state index contributed by atoms with van der Waals surface area (Å²) >= 11 is 0. The number of nitrogens with zero attached hydrogens (tertiary/aromatic N) is 1. The second-order valence-corrected chi connectivity index (χ2v) is 9.82. The van der Waals surface area contributed by atoms with Crippen molar-refractivity contribution in [3.8, 4) is 0 Å². The average molecular weight is 383 g/mol. The van der Waals surface area contributed by atoms with E-state index in [4.69, 9.17) is 0 Å². The number of benzene rings is 2. The number of hydrogen-bond acceptors (Lipinski definition) is 5. The number of rotatable bonds is 7. The standard InChI is InChI=1S/C17H22N2O4S2/c1-19(2)13-17(14-8-5-4-6-9-14)18-25(22,23)16-11-7-10-15(12-16)24(3,20)21/h4-12,17-18H,13H2,1-3H3. The molecular weight excluding hydrogens is 360 g/mol. The molecule has 0 fully saturated rings. The quantitative estimate of drug-likeness (QED) is 0.788. The molecule has 8 heteroatoms. The van der Waals surface area contributed by atoms with Crippen molar-refractivity contribution in [1.82, 2.24) is 9.62 Å². The Morgan fingerprint density at radius 2 is 1.52 bits per heavy atom. The van der Waals surface area contributed by atoms with Crippen molar-refractivity contribution < 1.29 is 16.8 Å². The molecule has 0 heterocycles. The van der Waals surface area contributed by atoms with Gasteiger partial charge in [-0.3, -0.25) is 0 Å². The van der Waals surface area contributed by atoms with Crippen LogP contribution in [-0.2, 0) is 19.9 Å². The maximum atomic E-state index is 12.8. The number of sulfone groups is 1. The van der Waals surface area contributed by atoms with Gasteiger partial charge in [0.1, 0.15) is 0 Å².